The van der Waals surface area contributed by atoms with E-state index in [1.54, 1.807) is 0 Å². The maximum atomic E-state index is 13.6. The number of aliphatic hydroxyl groups is 1. The summed E-state index contributed by atoms with van der Waals surface area (Å²) in [4.78, 5) is 27.2. The zero-order chi connectivity index (χ0) is 27.8. The van der Waals surface area contributed by atoms with Crippen LogP contribution in [0.4, 0.5) is 4.79 Å². The highest BCUT2D eigenvalue weighted by atomic mass is 35.5. The number of benzene rings is 2. The van der Waals surface area contributed by atoms with Crippen molar-refractivity contribution in [3.05, 3.63) is 58.1 Å². The highest BCUT2D eigenvalue weighted by molar-refractivity contribution is 6.33. The Morgan fingerprint density at radius 2 is 2.08 bits per heavy atom. The minimum absolute atomic E-state index is 0.0374. The number of nitrogens with zero attached hydrogens (tertiary/aromatic N) is 1. The molecule has 0 aromatic heterocycles. The Morgan fingerprint density at radius 1 is 1.26 bits per heavy atom. The fourth-order valence-corrected chi connectivity index (χ4v) is 7.57. The van der Waals surface area contributed by atoms with Crippen LogP contribution < -0.4 is 11.1 Å². The molecule has 2 fully saturated rings. The number of rotatable bonds is 7. The molecule has 4 N–H and O–H groups in total. The molecule has 1 saturated carbocycles. The molecule has 0 unspecified atom stereocenters. The van der Waals surface area contributed by atoms with Gasteiger partial charge in [0.25, 0.3) is 0 Å². The minimum Gasteiger partial charge on any atom is -0.453 e. The van der Waals surface area contributed by atoms with E-state index in [2.05, 4.69) is 24.4 Å². The van der Waals surface area contributed by atoms with Gasteiger partial charge in [0.15, 0.2) is 0 Å². The molecule has 1 spiro atoms. The third-order valence-electron chi connectivity index (χ3n) is 9.30. The van der Waals surface area contributed by atoms with Gasteiger partial charge in [-0.3, -0.25) is 4.79 Å². The fourth-order valence-electron chi connectivity index (χ4n) is 7.31. The lowest BCUT2D eigenvalue weighted by Crippen LogP contribution is -2.66. The molecule has 2 amide bonds. The van der Waals surface area contributed by atoms with E-state index in [0.29, 0.717) is 37.5 Å². The van der Waals surface area contributed by atoms with Crippen LogP contribution in [0.2, 0.25) is 5.02 Å². The number of carbonyl (C=O) groups excluding carboxylic acids is 2. The smallest absolute Gasteiger partial charge is 0.406 e. The normalized spacial score (nSPS) is 27.7. The van der Waals surface area contributed by atoms with Crippen molar-refractivity contribution in [2.24, 2.45) is 11.7 Å². The maximum Gasteiger partial charge on any atom is 0.406 e. The minimum atomic E-state index is -1.20. The van der Waals surface area contributed by atoms with E-state index in [9.17, 15) is 14.7 Å². The fraction of sp³-hybridized carbons (Fsp3) is 0.548. The lowest BCUT2D eigenvalue weighted by Gasteiger charge is -2.62. The second-order valence-electron chi connectivity index (χ2n) is 11.5. The van der Waals surface area contributed by atoms with E-state index in [0.717, 1.165) is 60.8 Å². The molecule has 7 nitrogen and oxygen atoms in total. The molecular formula is C31H40ClN3O4. The number of piperidine rings is 1. The number of aryl methyl sites for hydroxylation is 1. The first-order chi connectivity index (χ1) is 18.7. The third kappa shape index (κ3) is 4.83. The number of alkyl carbamates (subject to hydrolysis) is 1. The summed E-state index contributed by atoms with van der Waals surface area (Å²) >= 11 is 6.86. The zero-order valence-corrected chi connectivity index (χ0v) is 23.7. The quantitative estimate of drug-likeness (QED) is 0.423. The second-order valence-corrected chi connectivity index (χ2v) is 11.9. The molecule has 4 atom stereocenters. The van der Waals surface area contributed by atoms with Crippen LogP contribution in [-0.2, 0) is 27.0 Å². The Kier molecular flexibility index (Phi) is 7.96. The van der Waals surface area contributed by atoms with Crippen molar-refractivity contribution < 1.29 is 19.4 Å². The first-order valence-corrected chi connectivity index (χ1v) is 14.6. The number of ether oxygens (including phenoxy) is 1. The van der Waals surface area contributed by atoms with Gasteiger partial charge in [0.1, 0.15) is 5.60 Å². The van der Waals surface area contributed by atoms with Crippen molar-refractivity contribution >= 4 is 23.6 Å². The molecule has 0 bridgehead atoms. The molecule has 2 aromatic carbocycles. The van der Waals surface area contributed by atoms with E-state index in [1.807, 2.05) is 29.2 Å². The van der Waals surface area contributed by atoms with Crippen molar-refractivity contribution in [3.8, 4) is 11.1 Å². The number of nitrogens with one attached hydrogen (secondary N) is 1. The summed E-state index contributed by atoms with van der Waals surface area (Å²) in [7, 11) is 1.34. The number of likely N-dealkylation sites (tertiary alicyclic amines) is 1. The first kappa shape index (κ1) is 27.9. The molecular weight excluding hydrogens is 514 g/mol. The van der Waals surface area contributed by atoms with Crippen LogP contribution in [0, 0.1) is 5.92 Å². The number of carbonyl (C=O) groups is 2. The SMILES string of the molecule is CCc1cccc(-c2c(Cl)ccc3c2[C@](O)(CCCNC(=O)OC)[C@@]32CCCN(C(=O)[C@@H]3CC[C@H](N)C3)C2)c1. The summed E-state index contributed by atoms with van der Waals surface area (Å²) in [5.41, 5.74) is 9.33. The predicted molar refractivity (Wildman–Crippen MR) is 153 cm³/mol. The number of fused-ring (bicyclic) bond motifs is 2. The lowest BCUT2D eigenvalue weighted by atomic mass is 9.47. The Labute approximate surface area is 236 Å². The van der Waals surface area contributed by atoms with Gasteiger partial charge in [-0.25, -0.2) is 4.79 Å². The summed E-state index contributed by atoms with van der Waals surface area (Å²) in [5, 5.41) is 16.0. The zero-order valence-electron chi connectivity index (χ0n) is 23.0. The lowest BCUT2D eigenvalue weighted by molar-refractivity contribution is -0.148. The van der Waals surface area contributed by atoms with Crippen LogP contribution in [0.25, 0.3) is 11.1 Å². The first-order valence-electron chi connectivity index (χ1n) is 14.3. The Bertz CT molecular complexity index is 1250. The van der Waals surface area contributed by atoms with Gasteiger partial charge >= 0.3 is 6.09 Å². The van der Waals surface area contributed by atoms with Gasteiger partial charge in [-0.15, -0.1) is 0 Å². The van der Waals surface area contributed by atoms with Gasteiger partial charge in [-0.1, -0.05) is 48.9 Å². The Morgan fingerprint density at radius 3 is 2.79 bits per heavy atom. The average Bonchev–Trinajstić information content (AvgIpc) is 3.40. The van der Waals surface area contributed by atoms with E-state index in [4.69, 9.17) is 22.1 Å². The van der Waals surface area contributed by atoms with Crippen LogP contribution in [-0.4, -0.2) is 54.8 Å². The van der Waals surface area contributed by atoms with Crippen LogP contribution in [0.3, 0.4) is 0 Å². The highest BCUT2D eigenvalue weighted by Crippen LogP contribution is 2.64. The van der Waals surface area contributed by atoms with Gasteiger partial charge in [-0.2, -0.15) is 0 Å². The van der Waals surface area contributed by atoms with Crippen LogP contribution in [0.5, 0.6) is 0 Å². The summed E-state index contributed by atoms with van der Waals surface area (Å²) in [5.74, 6) is 0.125. The molecule has 39 heavy (non-hydrogen) atoms. The number of amides is 2. The molecule has 3 aliphatic rings. The standard InChI is InChI=1S/C31H40ClN3O4/c1-3-20-7-4-8-21(17-20)26-25(32)12-11-24-27(26)31(38,14-5-15-34-29(37)39-2)30(24)13-6-16-35(19-30)28(36)22-9-10-23(33)18-22/h4,7-8,11-12,17,22-23,38H,3,5-6,9-10,13-16,18-19,33H2,1-2H3,(H,34,37)/t22-,23+,30-,31-/m1/s1. The summed E-state index contributed by atoms with van der Waals surface area (Å²) < 4.78 is 4.72. The molecule has 1 saturated heterocycles. The van der Waals surface area contributed by atoms with Gasteiger partial charge in [-0.05, 0) is 79.7 Å². The van der Waals surface area contributed by atoms with E-state index < -0.39 is 17.1 Å². The third-order valence-corrected chi connectivity index (χ3v) is 9.61. The van der Waals surface area contributed by atoms with Crippen LogP contribution in [0.1, 0.15) is 68.6 Å². The van der Waals surface area contributed by atoms with Gasteiger partial charge in [0.05, 0.1) is 7.11 Å². The van der Waals surface area contributed by atoms with E-state index in [-0.39, 0.29) is 17.9 Å². The Balaban J connectivity index is 1.54. The van der Waals surface area contributed by atoms with Crippen molar-refractivity contribution in [2.45, 2.75) is 75.3 Å². The predicted octanol–water partition coefficient (Wildman–Crippen LogP) is 4.89. The number of hydrogen-bond acceptors (Lipinski definition) is 5. The number of halogens is 1. The van der Waals surface area contributed by atoms with E-state index >= 15 is 0 Å². The molecule has 5 rings (SSSR count). The average molecular weight is 554 g/mol. The van der Waals surface area contributed by atoms with Crippen LogP contribution >= 0.6 is 11.6 Å². The van der Waals surface area contributed by atoms with Crippen molar-refractivity contribution in [3.63, 3.8) is 0 Å². The molecule has 2 aliphatic carbocycles. The number of methoxy groups -OCH3 is 1. The van der Waals surface area contributed by atoms with Crippen molar-refractivity contribution in [1.82, 2.24) is 10.2 Å². The second kappa shape index (κ2) is 11.1. The topological polar surface area (TPSA) is 105 Å². The van der Waals surface area contributed by atoms with Gasteiger partial charge in [0.2, 0.25) is 5.91 Å². The van der Waals surface area contributed by atoms with Gasteiger partial charge in [0, 0.05) is 47.6 Å². The molecule has 0 radical (unpaired) electrons. The highest BCUT2D eigenvalue weighted by Gasteiger charge is 2.64. The largest absolute Gasteiger partial charge is 0.453 e. The maximum absolute atomic E-state index is 13.6. The Hall–Kier alpha value is -2.61. The number of hydrogen-bond donors (Lipinski definition) is 3. The summed E-state index contributed by atoms with van der Waals surface area (Å²) in [6.45, 7) is 3.67. The van der Waals surface area contributed by atoms with Crippen molar-refractivity contribution in [1.29, 1.82) is 0 Å². The van der Waals surface area contributed by atoms with E-state index in [1.165, 1.54) is 12.7 Å². The van der Waals surface area contributed by atoms with Gasteiger partial charge < -0.3 is 25.8 Å². The number of nitrogens with two attached hydrogens (primary N) is 1. The molecule has 1 heterocycles. The van der Waals surface area contributed by atoms with Crippen LogP contribution in [0.15, 0.2) is 36.4 Å². The molecule has 2 aromatic rings. The monoisotopic (exact) mass is 553 g/mol. The molecule has 8 heteroatoms. The summed E-state index contributed by atoms with van der Waals surface area (Å²) in [6.07, 6.45) is 5.44. The molecule has 210 valence electrons. The molecule has 1 aliphatic heterocycles. The summed E-state index contributed by atoms with van der Waals surface area (Å²) in [6, 6.07) is 12.4. The van der Waals surface area contributed by atoms with Crippen molar-refractivity contribution in [2.75, 3.05) is 26.7 Å².